The highest BCUT2D eigenvalue weighted by Gasteiger charge is 2.29. The van der Waals surface area contributed by atoms with E-state index in [0.29, 0.717) is 24.5 Å². The Morgan fingerprint density at radius 2 is 1.76 bits per heavy atom. The van der Waals surface area contributed by atoms with Gasteiger partial charge in [-0.05, 0) is 48.3 Å². The van der Waals surface area contributed by atoms with Gasteiger partial charge in [-0.1, -0.05) is 75.4 Å². The molecule has 42 heavy (non-hydrogen) atoms. The van der Waals surface area contributed by atoms with Crippen LogP contribution < -0.4 is 10.1 Å². The number of hydrogen-bond donors (Lipinski definition) is 1. The molecule has 1 atom stereocenters. The molecule has 1 saturated heterocycles. The lowest BCUT2D eigenvalue weighted by molar-refractivity contribution is -0.141. The molecule has 1 aromatic heterocycles. The molecule has 2 aromatic carbocycles. The van der Waals surface area contributed by atoms with Gasteiger partial charge in [0.2, 0.25) is 5.91 Å². The molecule has 222 valence electrons. The number of nitrogens with one attached hydrogen (secondary N) is 1. The molecule has 9 heteroatoms. The molecule has 2 heterocycles. The molecule has 1 N–H and O–H groups in total. The van der Waals surface area contributed by atoms with Crippen molar-refractivity contribution in [2.24, 2.45) is 0 Å². The molecule has 0 saturated carbocycles. The molecule has 0 spiro atoms. The number of carbonyl (C=O) groups is 3. The number of carbonyl (C=O) groups excluding carboxylic acids is 3. The van der Waals surface area contributed by atoms with Crippen molar-refractivity contribution < 1.29 is 23.9 Å². The first-order valence-corrected chi connectivity index (χ1v) is 14.4. The van der Waals surface area contributed by atoms with E-state index in [0.717, 1.165) is 12.0 Å². The van der Waals surface area contributed by atoms with E-state index in [1.165, 1.54) is 11.1 Å². The lowest BCUT2D eigenvalue weighted by atomic mass is 9.83. The summed E-state index contributed by atoms with van der Waals surface area (Å²) in [5.74, 6) is -0.393. The first kappa shape index (κ1) is 30.7. The zero-order chi connectivity index (χ0) is 30.3. The maximum Gasteiger partial charge on any atom is 0.325 e. The van der Waals surface area contributed by atoms with Crippen LogP contribution in [0.4, 0.5) is 0 Å². The van der Waals surface area contributed by atoms with E-state index in [9.17, 15) is 14.4 Å². The summed E-state index contributed by atoms with van der Waals surface area (Å²) in [7, 11) is 0. The molecule has 2 amide bonds. The molecule has 0 aliphatic carbocycles. The second-order valence-electron chi connectivity index (χ2n) is 11.5. The van der Waals surface area contributed by atoms with E-state index >= 15 is 0 Å². The summed E-state index contributed by atoms with van der Waals surface area (Å²) in [6.45, 7) is 10.9. The number of esters is 1. The van der Waals surface area contributed by atoms with Gasteiger partial charge < -0.3 is 19.7 Å². The summed E-state index contributed by atoms with van der Waals surface area (Å²) < 4.78 is 10.9. The minimum Gasteiger partial charge on any atom is -0.485 e. The molecule has 1 aliphatic rings. The van der Waals surface area contributed by atoms with Gasteiger partial charge in [0.25, 0.3) is 5.91 Å². The fourth-order valence-corrected chi connectivity index (χ4v) is 4.95. The first-order chi connectivity index (χ1) is 20.0. The van der Waals surface area contributed by atoms with Crippen molar-refractivity contribution in [3.8, 4) is 5.75 Å². The van der Waals surface area contributed by atoms with Gasteiger partial charge in [0.15, 0.2) is 11.4 Å². The maximum atomic E-state index is 13.2. The number of ether oxygens (including phenoxy) is 2. The average molecular weight is 573 g/mol. The molecular formula is C33H40N4O5. The van der Waals surface area contributed by atoms with Crippen molar-refractivity contribution in [2.75, 3.05) is 19.7 Å². The van der Waals surface area contributed by atoms with Crippen LogP contribution in [0.5, 0.6) is 5.75 Å². The molecule has 3 aromatic rings. The van der Waals surface area contributed by atoms with Crippen LogP contribution in [-0.2, 0) is 32.9 Å². The summed E-state index contributed by atoms with van der Waals surface area (Å²) in [6.07, 6.45) is 1.23. The number of benzene rings is 2. The maximum absolute atomic E-state index is 13.2. The number of nitrogens with zero attached hydrogens (tertiary/aromatic N) is 3. The van der Waals surface area contributed by atoms with Crippen LogP contribution in [0.15, 0.2) is 54.6 Å². The van der Waals surface area contributed by atoms with Crippen LogP contribution in [0.25, 0.3) is 0 Å². The fourth-order valence-electron chi connectivity index (χ4n) is 4.95. The monoisotopic (exact) mass is 572 g/mol. The van der Waals surface area contributed by atoms with Crippen LogP contribution in [0.3, 0.4) is 0 Å². The largest absolute Gasteiger partial charge is 0.485 e. The van der Waals surface area contributed by atoms with Gasteiger partial charge in [0.1, 0.15) is 19.0 Å². The van der Waals surface area contributed by atoms with Gasteiger partial charge in [0, 0.05) is 13.0 Å². The van der Waals surface area contributed by atoms with E-state index in [1.807, 2.05) is 30.3 Å². The number of hydrogen-bond acceptors (Lipinski definition) is 7. The first-order valence-electron chi connectivity index (χ1n) is 14.4. The second-order valence-corrected chi connectivity index (χ2v) is 11.5. The molecule has 0 bridgehead atoms. The van der Waals surface area contributed by atoms with Gasteiger partial charge in [0.05, 0.1) is 18.8 Å². The Bertz CT molecular complexity index is 1400. The minimum absolute atomic E-state index is 0.0130. The number of rotatable bonds is 10. The Labute approximate surface area is 247 Å². The Morgan fingerprint density at radius 1 is 1.05 bits per heavy atom. The fraction of sp³-hybridized carbons (Fsp3) is 0.424. The molecule has 1 aliphatic heterocycles. The molecule has 4 rings (SSSR count). The van der Waals surface area contributed by atoms with E-state index in [2.05, 4.69) is 60.3 Å². The Balaban J connectivity index is 1.49. The van der Waals surface area contributed by atoms with Gasteiger partial charge in [-0.15, -0.1) is 0 Å². The molecule has 1 unspecified atom stereocenters. The number of aryl methyl sites for hydroxylation is 1. The Kier molecular flexibility index (Phi) is 9.93. The lowest BCUT2D eigenvalue weighted by Crippen LogP contribution is -2.38. The quantitative estimate of drug-likeness (QED) is 0.346. The molecule has 9 nitrogen and oxygen atoms in total. The highest BCUT2D eigenvalue weighted by atomic mass is 16.5. The summed E-state index contributed by atoms with van der Waals surface area (Å²) in [6, 6.07) is 18.1. The third-order valence-electron chi connectivity index (χ3n) is 7.32. The van der Waals surface area contributed by atoms with Crippen molar-refractivity contribution in [3.05, 3.63) is 88.5 Å². The molecule has 1 fully saturated rings. The number of likely N-dealkylation sites (tertiary alicyclic amines) is 1. The third-order valence-corrected chi connectivity index (χ3v) is 7.32. The zero-order valence-electron chi connectivity index (χ0n) is 25.1. The summed E-state index contributed by atoms with van der Waals surface area (Å²) >= 11 is 0. The predicted octanol–water partition coefficient (Wildman–Crippen LogP) is 4.86. The van der Waals surface area contributed by atoms with Crippen molar-refractivity contribution in [1.29, 1.82) is 0 Å². The van der Waals surface area contributed by atoms with Crippen molar-refractivity contribution in [3.63, 3.8) is 0 Å². The third kappa shape index (κ3) is 7.93. The zero-order valence-corrected chi connectivity index (χ0v) is 25.1. The SMILES string of the molecule is CCOC(=O)CNC(=O)c1nc(CN2CCC(c3ccc(C(C)(C)C)cc3)CC2=O)nc(C)c1OCc1ccccc1. The Hall–Kier alpha value is -4.27. The standard InChI is InChI=1S/C33H40N4O5/c1-6-41-29(39)19-34-32(40)30-31(42-21-23-10-8-7-9-11-23)22(2)35-27(36-30)20-37-17-16-25(18-28(37)38)24-12-14-26(15-13-24)33(3,4)5/h7-15,25H,6,16-21H2,1-5H3,(H,34,40). The highest BCUT2D eigenvalue weighted by molar-refractivity contribution is 5.96. The van der Waals surface area contributed by atoms with Crippen LogP contribution in [0, 0.1) is 6.92 Å². The van der Waals surface area contributed by atoms with Gasteiger partial charge in [-0.2, -0.15) is 0 Å². The number of piperidine rings is 1. The van der Waals surface area contributed by atoms with Gasteiger partial charge in [-0.25, -0.2) is 9.97 Å². The van der Waals surface area contributed by atoms with E-state index in [1.54, 1.807) is 18.7 Å². The number of amides is 2. The van der Waals surface area contributed by atoms with E-state index in [4.69, 9.17) is 9.47 Å². The van der Waals surface area contributed by atoms with Crippen molar-refractivity contribution >= 4 is 17.8 Å². The van der Waals surface area contributed by atoms with Crippen LogP contribution in [-0.4, -0.2) is 52.3 Å². The highest BCUT2D eigenvalue weighted by Crippen LogP contribution is 2.32. The van der Waals surface area contributed by atoms with Gasteiger partial charge in [-0.3, -0.25) is 14.4 Å². The number of aromatic nitrogens is 2. The predicted molar refractivity (Wildman–Crippen MR) is 159 cm³/mol. The summed E-state index contributed by atoms with van der Waals surface area (Å²) in [5.41, 5.74) is 3.91. The smallest absolute Gasteiger partial charge is 0.325 e. The van der Waals surface area contributed by atoms with Crippen LogP contribution in [0.1, 0.15) is 85.2 Å². The van der Waals surface area contributed by atoms with E-state index in [-0.39, 0.29) is 55.0 Å². The lowest BCUT2D eigenvalue weighted by Gasteiger charge is -2.32. The molecular weight excluding hydrogens is 532 g/mol. The van der Waals surface area contributed by atoms with Crippen molar-refractivity contribution in [1.82, 2.24) is 20.2 Å². The topological polar surface area (TPSA) is 111 Å². The Morgan fingerprint density at radius 3 is 2.40 bits per heavy atom. The summed E-state index contributed by atoms with van der Waals surface area (Å²) in [4.78, 5) is 49.0. The minimum atomic E-state index is -0.582. The molecule has 0 radical (unpaired) electrons. The van der Waals surface area contributed by atoms with Gasteiger partial charge >= 0.3 is 5.97 Å². The van der Waals surface area contributed by atoms with E-state index < -0.39 is 11.9 Å². The van der Waals surface area contributed by atoms with Crippen LogP contribution >= 0.6 is 0 Å². The van der Waals surface area contributed by atoms with Crippen LogP contribution in [0.2, 0.25) is 0 Å². The normalized spacial score (nSPS) is 15.3. The van der Waals surface area contributed by atoms with Crippen molar-refractivity contribution in [2.45, 2.75) is 71.9 Å². The summed E-state index contributed by atoms with van der Waals surface area (Å²) in [5, 5.41) is 2.56. The second kappa shape index (κ2) is 13.6. The average Bonchev–Trinajstić information content (AvgIpc) is 2.96.